The van der Waals surface area contributed by atoms with Crippen molar-refractivity contribution in [3.8, 4) is 0 Å². The first kappa shape index (κ1) is 39.9. The molecule has 0 atom stereocenters. The molecule has 0 spiro atoms. The van der Waals surface area contributed by atoms with Gasteiger partial charge in [0.1, 0.15) is 0 Å². The second-order valence-electron chi connectivity index (χ2n) is 9.98. The fourth-order valence-electron chi connectivity index (χ4n) is 11.5. The first-order valence-corrected chi connectivity index (χ1v) is 49.8. The molecule has 32 heteroatoms. The van der Waals surface area contributed by atoms with Gasteiger partial charge in [-0.15, -0.1) is 266 Å². The van der Waals surface area contributed by atoms with Gasteiger partial charge in [0.15, 0.2) is 0 Å². The van der Waals surface area contributed by atoms with Crippen LogP contribution < -0.4 is 0 Å². The van der Waals surface area contributed by atoms with Crippen molar-refractivity contribution in [2.75, 3.05) is 0 Å². The summed E-state index contributed by atoms with van der Waals surface area (Å²) in [6, 6.07) is -36.9. The zero-order valence-corrected chi connectivity index (χ0v) is 43.2. The summed E-state index contributed by atoms with van der Waals surface area (Å²) in [5.74, 6) is 0. The largest absolute Gasteiger partial charge is 0.348 e. The lowest BCUT2D eigenvalue weighted by Crippen LogP contribution is -3.26. The molecule has 0 aliphatic heterocycles. The van der Waals surface area contributed by atoms with Gasteiger partial charge in [0, 0.05) is 40.3 Å². The van der Waals surface area contributed by atoms with Crippen molar-refractivity contribution in [2.45, 2.75) is 40.3 Å². The van der Waals surface area contributed by atoms with Crippen molar-refractivity contribution in [3.05, 3.63) is 0 Å². The van der Waals surface area contributed by atoms with Crippen LogP contribution in [0.1, 0.15) is 0 Å². The summed E-state index contributed by atoms with van der Waals surface area (Å²) in [6.45, 7) is 0. The van der Waals surface area contributed by atoms with E-state index in [1.807, 2.05) is 0 Å². The summed E-state index contributed by atoms with van der Waals surface area (Å²) >= 11 is 168. The van der Waals surface area contributed by atoms with E-state index < -0.39 is 88.3 Å². The molecule has 6 fully saturated rings. The van der Waals surface area contributed by atoms with Gasteiger partial charge in [0.05, 0.1) is 0 Å². The topological polar surface area (TPSA) is 0 Å². The van der Waals surface area contributed by atoms with Crippen LogP contribution >= 0.6 is 266 Å². The molecule has 0 aromatic carbocycles. The van der Waals surface area contributed by atoms with Crippen LogP contribution in [-0.4, -0.2) is 48.0 Å². The van der Waals surface area contributed by atoms with Gasteiger partial charge in [-0.2, -0.15) is 0 Å². The quantitative estimate of drug-likeness (QED) is 0.168. The monoisotopic (exact) mass is 1160 g/mol. The Labute approximate surface area is 348 Å². The van der Waals surface area contributed by atoms with Crippen LogP contribution in [0.15, 0.2) is 0 Å². The molecular weight excluding hydrogens is 1170 g/mol. The highest BCUT2D eigenvalue weighted by Gasteiger charge is 3.48. The van der Waals surface area contributed by atoms with Crippen LogP contribution in [0.3, 0.4) is 0 Å². The van der Waals surface area contributed by atoms with Gasteiger partial charge in [0.25, 0.3) is 0 Å². The molecule has 0 nitrogen and oxygen atoms in total. The Morgan fingerprint density at radius 1 is 0.150 bits per heavy atom. The fraction of sp³-hybridized carbons (Fsp3) is 1.00. The summed E-state index contributed by atoms with van der Waals surface area (Å²) in [4.78, 5) is 0. The van der Waals surface area contributed by atoms with Crippen molar-refractivity contribution < 1.29 is 0 Å². The molecule has 0 bridgehead atoms. The van der Waals surface area contributed by atoms with E-state index in [1.54, 1.807) is 0 Å². The molecule has 6 rings (SSSR count). The van der Waals surface area contributed by atoms with Gasteiger partial charge in [0.2, 0.25) is 0 Å². The average Bonchev–Trinajstić information content (AvgIpc) is 2.57. The van der Waals surface area contributed by atoms with Crippen molar-refractivity contribution in [1.82, 2.24) is 0 Å². The molecule has 0 amide bonds. The second kappa shape index (κ2) is 9.49. The Morgan fingerprint density at radius 3 is 0.225 bits per heavy atom. The molecule has 232 valence electrons. The highest BCUT2D eigenvalue weighted by Crippen LogP contribution is 3.58. The molecule has 0 saturated heterocycles. The number of hydrogen-bond donors (Lipinski definition) is 0. The Morgan fingerprint density at radius 2 is 0.200 bits per heavy atom. The second-order valence-corrected chi connectivity index (χ2v) is 78.7. The minimum atomic E-state index is -4.61. The lowest BCUT2D eigenvalue weighted by molar-refractivity contribution is -0.478. The zero-order chi connectivity index (χ0) is 32.0. The Kier molecular flexibility index (Phi) is 9.46. The van der Waals surface area contributed by atoms with Crippen LogP contribution in [0.25, 0.3) is 0 Å². The Bertz CT molecular complexity index is 879. The van der Waals surface area contributed by atoms with Gasteiger partial charge in [-0.25, -0.2) is 0 Å². The minimum absolute atomic E-state index is 2.13. The molecule has 0 heterocycles. The van der Waals surface area contributed by atoms with Crippen molar-refractivity contribution in [2.24, 2.45) is 0 Å². The van der Waals surface area contributed by atoms with Crippen LogP contribution in [0.5, 0.6) is 0 Å². The van der Waals surface area contributed by atoms with E-state index in [2.05, 4.69) is 0 Å². The van der Waals surface area contributed by atoms with E-state index in [1.165, 1.54) is 0 Å². The van der Waals surface area contributed by atoms with Crippen LogP contribution in [-0.2, 0) is 0 Å². The number of halogens is 24. The molecule has 0 aromatic heterocycles. The van der Waals surface area contributed by atoms with Gasteiger partial charge < -0.3 is 0 Å². The Hall–Kier alpha value is 8.70. The van der Waals surface area contributed by atoms with Gasteiger partial charge >= 0.3 is 48.0 Å². The van der Waals surface area contributed by atoms with Crippen molar-refractivity contribution in [1.29, 1.82) is 0 Å². The first-order valence-electron chi connectivity index (χ1n) is 9.54. The standard InChI is InChI=1S/C8Cl24Si8/c9-33(10,11)1-2(34(12,13)14)5(37(21,22)23)3(1,35(15,16)17)7(39(27,28)29)4(1,36(18,19)20)6(2,38(24,25)26)8(5,7)40(30,31)32. The van der Waals surface area contributed by atoms with Gasteiger partial charge in [-0.05, 0) is 0 Å². The summed E-state index contributed by atoms with van der Waals surface area (Å²) in [5.41, 5.74) is 0. The third kappa shape index (κ3) is 2.74. The predicted octanol–water partition coefficient (Wildman–Crippen LogP) is 15.2. The molecule has 0 aromatic rings. The zero-order valence-electron chi connectivity index (χ0n) is 17.1. The highest BCUT2D eigenvalue weighted by atomic mass is 35.9. The van der Waals surface area contributed by atoms with E-state index in [0.29, 0.717) is 0 Å². The van der Waals surface area contributed by atoms with Crippen molar-refractivity contribution >= 4 is 314 Å². The number of hydrogen-bond acceptors (Lipinski definition) is 0. The molecular formula is C8Cl24Si8. The van der Waals surface area contributed by atoms with E-state index >= 15 is 0 Å². The third-order valence-corrected chi connectivity index (χ3v) is 49.4. The molecule has 6 saturated carbocycles. The third-order valence-electron chi connectivity index (χ3n) is 10.2. The molecule has 40 heavy (non-hydrogen) atoms. The van der Waals surface area contributed by atoms with E-state index in [4.69, 9.17) is 266 Å². The normalized spacial score (nSPS) is 49.8. The smallest absolute Gasteiger partial charge is 0.125 e. The summed E-state index contributed by atoms with van der Waals surface area (Å²) in [6.07, 6.45) is 0. The maximum Gasteiger partial charge on any atom is 0.348 e. The minimum Gasteiger partial charge on any atom is -0.125 e. The summed E-state index contributed by atoms with van der Waals surface area (Å²) < 4.78 is 0. The molecule has 0 unspecified atom stereocenters. The maximum atomic E-state index is 7.01. The fourth-order valence-corrected chi connectivity index (χ4v) is 94.9. The maximum absolute atomic E-state index is 7.01. The SMILES string of the molecule is Cl[Si](Cl)(Cl)C12C3([Si](Cl)(Cl)Cl)C4([Si](Cl)(Cl)Cl)C1([Si](Cl)(Cl)Cl)C1([Si](Cl)(Cl)Cl)C2([Si](Cl)(Cl)Cl)C3([Si](Cl)(Cl)Cl)C41[Si](Cl)(Cl)Cl. The van der Waals surface area contributed by atoms with Gasteiger partial charge in [-0.3, -0.25) is 0 Å². The van der Waals surface area contributed by atoms with Crippen molar-refractivity contribution in [3.63, 3.8) is 0 Å². The number of rotatable bonds is 8. The lowest BCUT2D eigenvalue weighted by Gasteiger charge is -3.33. The van der Waals surface area contributed by atoms with Crippen LogP contribution in [0.2, 0.25) is 40.3 Å². The van der Waals surface area contributed by atoms with E-state index in [9.17, 15) is 0 Å². The first-order chi connectivity index (χ1) is 17.0. The average molecular weight is 1170 g/mol. The highest BCUT2D eigenvalue weighted by molar-refractivity contribution is 7.82. The lowest BCUT2D eigenvalue weighted by atomic mass is 8.96. The predicted molar refractivity (Wildman–Crippen MR) is 208 cm³/mol. The van der Waals surface area contributed by atoms with E-state index in [-0.39, 0.29) is 0 Å². The summed E-state index contributed by atoms with van der Waals surface area (Å²) in [5, 5.41) is -17.0. The van der Waals surface area contributed by atoms with Gasteiger partial charge in [-0.1, -0.05) is 0 Å². The molecule has 6 aliphatic rings. The summed E-state index contributed by atoms with van der Waals surface area (Å²) in [7, 11) is 0. The van der Waals surface area contributed by atoms with Crippen LogP contribution in [0, 0.1) is 0 Å². The molecule has 6 aliphatic carbocycles. The van der Waals surface area contributed by atoms with E-state index in [0.717, 1.165) is 0 Å². The van der Waals surface area contributed by atoms with Crippen LogP contribution in [0.4, 0.5) is 0 Å². The molecule has 0 N–H and O–H groups in total. The molecule has 0 radical (unpaired) electrons. The Balaban J connectivity index is 2.27.